The summed E-state index contributed by atoms with van der Waals surface area (Å²) in [4.78, 5) is 9.60. The first-order valence-electron chi connectivity index (χ1n) is 6.37. The predicted molar refractivity (Wildman–Crippen MR) is 71.3 cm³/mol. The number of nitrogens with zero attached hydrogens (tertiary/aromatic N) is 2. The second-order valence-electron chi connectivity index (χ2n) is 5.57. The zero-order valence-electron chi connectivity index (χ0n) is 10.8. The summed E-state index contributed by atoms with van der Waals surface area (Å²) in [6, 6.07) is 6.60. The molecule has 4 heteroatoms. The average Bonchev–Trinajstić information content (AvgIpc) is 2.99. The highest BCUT2D eigenvalue weighted by molar-refractivity contribution is 5.75. The normalized spacial score (nSPS) is 19.3. The molecule has 0 bridgehead atoms. The number of hydrogen-bond acceptors (Lipinski definition) is 3. The van der Waals surface area contributed by atoms with Gasteiger partial charge in [0.1, 0.15) is 0 Å². The summed E-state index contributed by atoms with van der Waals surface area (Å²) in [6.07, 6.45) is 3.93. The second-order valence-corrected chi connectivity index (χ2v) is 5.57. The van der Waals surface area contributed by atoms with E-state index in [4.69, 9.17) is 0 Å². The Morgan fingerprint density at radius 1 is 1.44 bits per heavy atom. The van der Waals surface area contributed by atoms with Gasteiger partial charge in [-0.1, -0.05) is 6.07 Å². The van der Waals surface area contributed by atoms with Crippen molar-refractivity contribution in [3.05, 3.63) is 30.1 Å². The van der Waals surface area contributed by atoms with Gasteiger partial charge in [0.15, 0.2) is 0 Å². The minimum Gasteiger partial charge on any atom is -0.396 e. The van der Waals surface area contributed by atoms with Crippen LogP contribution >= 0.6 is 0 Å². The SMILES string of the molecule is CN(C)C(c1ccc2nc[nH]c2c1)C1(CO)CC1. The summed E-state index contributed by atoms with van der Waals surface area (Å²) < 4.78 is 0. The number of fused-ring (bicyclic) bond motifs is 1. The van der Waals surface area contributed by atoms with E-state index < -0.39 is 0 Å². The van der Waals surface area contributed by atoms with Crippen LogP contribution in [0.25, 0.3) is 11.0 Å². The first-order valence-corrected chi connectivity index (χ1v) is 6.37. The van der Waals surface area contributed by atoms with Gasteiger partial charge < -0.3 is 15.0 Å². The molecular formula is C14H19N3O. The fourth-order valence-corrected chi connectivity index (χ4v) is 3.00. The molecule has 1 fully saturated rings. The molecule has 2 aromatic rings. The molecule has 1 aromatic heterocycles. The highest BCUT2D eigenvalue weighted by Gasteiger charge is 2.50. The van der Waals surface area contributed by atoms with Crippen LogP contribution in [0.15, 0.2) is 24.5 Å². The average molecular weight is 245 g/mol. The van der Waals surface area contributed by atoms with Gasteiger partial charge in [-0.25, -0.2) is 4.98 Å². The van der Waals surface area contributed by atoms with Crippen LogP contribution in [0.2, 0.25) is 0 Å². The van der Waals surface area contributed by atoms with Gasteiger partial charge in [0.25, 0.3) is 0 Å². The third kappa shape index (κ3) is 1.72. The maximum atomic E-state index is 9.66. The molecule has 0 amide bonds. The molecule has 1 aliphatic carbocycles. The number of aromatic nitrogens is 2. The Balaban J connectivity index is 2.04. The lowest BCUT2D eigenvalue weighted by molar-refractivity contribution is 0.116. The van der Waals surface area contributed by atoms with Crippen molar-refractivity contribution in [2.75, 3.05) is 20.7 Å². The third-order valence-corrected chi connectivity index (χ3v) is 4.06. The maximum absolute atomic E-state index is 9.66. The van der Waals surface area contributed by atoms with E-state index in [1.165, 1.54) is 5.56 Å². The van der Waals surface area contributed by atoms with E-state index in [0.717, 1.165) is 23.9 Å². The molecule has 96 valence electrons. The van der Waals surface area contributed by atoms with Crippen LogP contribution in [-0.4, -0.2) is 40.7 Å². The summed E-state index contributed by atoms with van der Waals surface area (Å²) in [5.41, 5.74) is 3.36. The van der Waals surface area contributed by atoms with Crippen molar-refractivity contribution >= 4 is 11.0 Å². The summed E-state index contributed by atoms with van der Waals surface area (Å²) in [6.45, 7) is 0.261. The molecule has 1 unspecified atom stereocenters. The Labute approximate surface area is 107 Å². The van der Waals surface area contributed by atoms with Gasteiger partial charge in [0.2, 0.25) is 0 Å². The first kappa shape index (κ1) is 11.7. The smallest absolute Gasteiger partial charge is 0.0931 e. The van der Waals surface area contributed by atoms with Crippen LogP contribution in [0, 0.1) is 5.41 Å². The largest absolute Gasteiger partial charge is 0.396 e. The lowest BCUT2D eigenvalue weighted by Gasteiger charge is -2.32. The molecular weight excluding hydrogens is 226 g/mol. The highest BCUT2D eigenvalue weighted by Crippen LogP contribution is 2.56. The van der Waals surface area contributed by atoms with E-state index in [1.807, 2.05) is 6.07 Å². The minimum absolute atomic E-state index is 0.0528. The summed E-state index contributed by atoms with van der Waals surface area (Å²) in [7, 11) is 4.16. The second kappa shape index (κ2) is 4.07. The molecule has 1 atom stereocenters. The molecule has 0 spiro atoms. The van der Waals surface area contributed by atoms with Crippen molar-refractivity contribution in [1.82, 2.24) is 14.9 Å². The van der Waals surface area contributed by atoms with Gasteiger partial charge in [0, 0.05) is 11.5 Å². The Kier molecular flexibility index (Phi) is 2.64. The molecule has 1 heterocycles. The topological polar surface area (TPSA) is 52.2 Å². The number of nitrogens with one attached hydrogen (secondary N) is 1. The van der Waals surface area contributed by atoms with Gasteiger partial charge in [-0.2, -0.15) is 0 Å². The predicted octanol–water partition coefficient (Wildman–Crippen LogP) is 1.94. The molecule has 1 aromatic carbocycles. The maximum Gasteiger partial charge on any atom is 0.0931 e. The Morgan fingerprint density at radius 3 is 2.83 bits per heavy atom. The number of aliphatic hydroxyl groups is 1. The van der Waals surface area contributed by atoms with Crippen LogP contribution in [0.4, 0.5) is 0 Å². The van der Waals surface area contributed by atoms with Gasteiger partial charge >= 0.3 is 0 Å². The Bertz CT molecular complexity index is 557. The molecule has 4 nitrogen and oxygen atoms in total. The number of aromatic amines is 1. The number of hydrogen-bond donors (Lipinski definition) is 2. The zero-order valence-corrected chi connectivity index (χ0v) is 10.8. The highest BCUT2D eigenvalue weighted by atomic mass is 16.3. The number of imidazole rings is 1. The van der Waals surface area contributed by atoms with Crippen molar-refractivity contribution < 1.29 is 5.11 Å². The van der Waals surface area contributed by atoms with Crippen molar-refractivity contribution in [3.63, 3.8) is 0 Å². The fraction of sp³-hybridized carbons (Fsp3) is 0.500. The number of H-pyrrole nitrogens is 1. The molecule has 3 rings (SSSR count). The van der Waals surface area contributed by atoms with Crippen molar-refractivity contribution in [2.24, 2.45) is 5.41 Å². The molecule has 2 N–H and O–H groups in total. The van der Waals surface area contributed by atoms with E-state index in [1.54, 1.807) is 6.33 Å². The minimum atomic E-state index is 0.0528. The summed E-state index contributed by atoms with van der Waals surface area (Å²) in [5, 5.41) is 9.66. The molecule has 1 aliphatic rings. The van der Waals surface area contributed by atoms with Gasteiger partial charge in [0.05, 0.1) is 24.0 Å². The van der Waals surface area contributed by atoms with Crippen LogP contribution in [0.1, 0.15) is 24.4 Å². The van der Waals surface area contributed by atoms with E-state index in [2.05, 4.69) is 41.1 Å². The Morgan fingerprint density at radius 2 is 2.22 bits per heavy atom. The standard InChI is InChI=1S/C14H19N3O/c1-17(2)13(14(8-18)5-6-14)10-3-4-11-12(7-10)16-9-15-11/h3-4,7,9,13,18H,5-6,8H2,1-2H3,(H,15,16). The van der Waals surface area contributed by atoms with Crippen molar-refractivity contribution in [2.45, 2.75) is 18.9 Å². The number of aliphatic hydroxyl groups excluding tert-OH is 1. The lowest BCUT2D eigenvalue weighted by Crippen LogP contribution is -2.30. The van der Waals surface area contributed by atoms with E-state index >= 15 is 0 Å². The van der Waals surface area contributed by atoms with Gasteiger partial charge in [-0.05, 0) is 44.6 Å². The van der Waals surface area contributed by atoms with Gasteiger partial charge in [-0.15, -0.1) is 0 Å². The van der Waals surface area contributed by atoms with Crippen molar-refractivity contribution in [3.8, 4) is 0 Å². The van der Waals surface area contributed by atoms with Crippen molar-refractivity contribution in [1.29, 1.82) is 0 Å². The molecule has 0 radical (unpaired) electrons. The number of benzene rings is 1. The summed E-state index contributed by atoms with van der Waals surface area (Å²) in [5.74, 6) is 0. The van der Waals surface area contributed by atoms with E-state index in [0.29, 0.717) is 0 Å². The van der Waals surface area contributed by atoms with Crippen LogP contribution in [-0.2, 0) is 0 Å². The van der Waals surface area contributed by atoms with Crippen LogP contribution in [0.3, 0.4) is 0 Å². The first-order chi connectivity index (χ1) is 8.66. The van der Waals surface area contributed by atoms with Crippen LogP contribution < -0.4 is 0 Å². The van der Waals surface area contributed by atoms with E-state index in [-0.39, 0.29) is 18.1 Å². The molecule has 0 saturated heterocycles. The molecule has 0 aliphatic heterocycles. The van der Waals surface area contributed by atoms with E-state index in [9.17, 15) is 5.11 Å². The zero-order chi connectivity index (χ0) is 12.8. The number of rotatable bonds is 4. The monoisotopic (exact) mass is 245 g/mol. The lowest BCUT2D eigenvalue weighted by atomic mass is 9.89. The molecule has 18 heavy (non-hydrogen) atoms. The quantitative estimate of drug-likeness (QED) is 0.865. The molecule has 1 saturated carbocycles. The third-order valence-electron chi connectivity index (χ3n) is 4.06. The Hall–Kier alpha value is -1.39. The van der Waals surface area contributed by atoms with Gasteiger partial charge in [-0.3, -0.25) is 0 Å². The summed E-state index contributed by atoms with van der Waals surface area (Å²) >= 11 is 0. The van der Waals surface area contributed by atoms with Crippen LogP contribution in [0.5, 0.6) is 0 Å². The fourth-order valence-electron chi connectivity index (χ4n) is 3.00.